The number of benzene rings is 2. The first kappa shape index (κ1) is 14.1. The molecule has 0 aliphatic carbocycles. The van der Waals surface area contributed by atoms with Crippen LogP contribution in [0.15, 0.2) is 42.5 Å². The van der Waals surface area contributed by atoms with E-state index in [0.717, 1.165) is 11.2 Å². The van der Waals surface area contributed by atoms with E-state index < -0.39 is 0 Å². The average Bonchev–Trinajstić information content (AvgIpc) is 2.87. The Kier molecular flexibility index (Phi) is 3.68. The van der Waals surface area contributed by atoms with Crippen molar-refractivity contribution in [2.45, 2.75) is 25.6 Å². The van der Waals surface area contributed by atoms with Gasteiger partial charge in [-0.25, -0.2) is 9.37 Å². The summed E-state index contributed by atoms with van der Waals surface area (Å²) in [5.74, 6) is 0.931. The number of rotatable bonds is 3. The van der Waals surface area contributed by atoms with Crippen molar-refractivity contribution < 1.29 is 4.39 Å². The molecule has 3 aromatic rings. The van der Waals surface area contributed by atoms with Crippen LogP contribution in [0.1, 0.15) is 31.2 Å². The van der Waals surface area contributed by atoms with Crippen LogP contribution in [0, 0.1) is 5.82 Å². The monoisotopic (exact) mass is 302 g/mol. The second kappa shape index (κ2) is 5.49. The third kappa shape index (κ3) is 2.32. The Labute approximate surface area is 128 Å². The van der Waals surface area contributed by atoms with Gasteiger partial charge < -0.3 is 0 Å². The van der Waals surface area contributed by atoms with E-state index in [1.807, 2.05) is 28.8 Å². The lowest BCUT2D eigenvalue weighted by atomic mass is 10.0. The number of hydrogen-bond donors (Lipinski definition) is 0. The number of aromatic nitrogens is 2. The van der Waals surface area contributed by atoms with E-state index >= 15 is 0 Å². The summed E-state index contributed by atoms with van der Waals surface area (Å²) in [4.78, 5) is 4.36. The Bertz CT molecular complexity index is 793. The van der Waals surface area contributed by atoms with Crippen molar-refractivity contribution in [1.29, 1.82) is 0 Å². The van der Waals surface area contributed by atoms with Crippen molar-refractivity contribution in [3.8, 4) is 5.69 Å². The zero-order valence-corrected chi connectivity index (χ0v) is 12.7. The summed E-state index contributed by atoms with van der Waals surface area (Å²) in [5, 5.41) is 0. The second-order valence-electron chi connectivity index (χ2n) is 5.32. The molecule has 0 unspecified atom stereocenters. The van der Waals surface area contributed by atoms with Gasteiger partial charge in [-0.3, -0.25) is 4.57 Å². The molecule has 2 aromatic carbocycles. The van der Waals surface area contributed by atoms with Gasteiger partial charge in [0, 0.05) is 0 Å². The fourth-order valence-corrected chi connectivity index (χ4v) is 2.83. The summed E-state index contributed by atoms with van der Waals surface area (Å²) in [6.07, 6.45) is 0. The first-order valence-electron chi connectivity index (χ1n) is 6.94. The van der Waals surface area contributed by atoms with E-state index in [9.17, 15) is 4.39 Å². The number of alkyl halides is 1. The van der Waals surface area contributed by atoms with Crippen LogP contribution in [-0.4, -0.2) is 9.55 Å². The molecule has 0 bridgehead atoms. The number of nitrogens with zero attached hydrogens (tertiary/aromatic N) is 2. The molecule has 0 amide bonds. The van der Waals surface area contributed by atoms with Gasteiger partial charge >= 0.3 is 0 Å². The van der Waals surface area contributed by atoms with Gasteiger partial charge in [0.25, 0.3) is 0 Å². The lowest BCUT2D eigenvalue weighted by molar-refractivity contribution is 0.637. The van der Waals surface area contributed by atoms with E-state index in [0.29, 0.717) is 17.3 Å². The number of fused-ring (bicyclic) bond motifs is 1. The molecule has 0 aliphatic heterocycles. The Balaban J connectivity index is 2.37. The molecule has 0 aliphatic rings. The highest BCUT2D eigenvalue weighted by atomic mass is 35.5. The highest BCUT2D eigenvalue weighted by Crippen LogP contribution is 2.29. The van der Waals surface area contributed by atoms with Gasteiger partial charge in [0.1, 0.15) is 11.3 Å². The van der Waals surface area contributed by atoms with Gasteiger partial charge in [-0.1, -0.05) is 38.1 Å². The molecule has 0 atom stereocenters. The third-order valence-electron chi connectivity index (χ3n) is 3.62. The maximum absolute atomic E-state index is 14.0. The number of hydrogen-bond acceptors (Lipinski definition) is 1. The van der Waals surface area contributed by atoms with Gasteiger partial charge in [0.15, 0.2) is 5.82 Å². The van der Waals surface area contributed by atoms with Gasteiger partial charge in [-0.2, -0.15) is 0 Å². The summed E-state index contributed by atoms with van der Waals surface area (Å²) >= 11 is 6.03. The summed E-state index contributed by atoms with van der Waals surface area (Å²) in [5.41, 5.74) is 3.31. The molecule has 0 fully saturated rings. The van der Waals surface area contributed by atoms with Crippen LogP contribution in [0.5, 0.6) is 0 Å². The lowest BCUT2D eigenvalue weighted by Gasteiger charge is -2.15. The van der Waals surface area contributed by atoms with Crippen LogP contribution in [0.3, 0.4) is 0 Å². The molecular weight excluding hydrogens is 287 g/mol. The van der Waals surface area contributed by atoms with Crippen molar-refractivity contribution >= 4 is 22.6 Å². The lowest BCUT2D eigenvalue weighted by Crippen LogP contribution is -2.04. The van der Waals surface area contributed by atoms with Crippen molar-refractivity contribution in [2.75, 3.05) is 0 Å². The predicted octanol–water partition coefficient (Wildman–Crippen LogP) is 5.03. The summed E-state index contributed by atoms with van der Waals surface area (Å²) in [6, 6.07) is 13.1. The second-order valence-corrected chi connectivity index (χ2v) is 5.59. The van der Waals surface area contributed by atoms with Crippen molar-refractivity contribution in [3.63, 3.8) is 0 Å². The van der Waals surface area contributed by atoms with Crippen LogP contribution >= 0.6 is 11.6 Å². The molecule has 2 nitrogen and oxygen atoms in total. The topological polar surface area (TPSA) is 17.8 Å². The standard InChI is InChI=1S/C17H16ClFN2/c1-11(2)12-6-3-4-8-14(12)21-15-9-5-7-13(19)17(15)20-16(21)10-18/h3-9,11H,10H2,1-2H3. The summed E-state index contributed by atoms with van der Waals surface area (Å²) in [6.45, 7) is 4.28. The van der Waals surface area contributed by atoms with Crippen LogP contribution in [0.25, 0.3) is 16.7 Å². The molecule has 21 heavy (non-hydrogen) atoms. The minimum atomic E-state index is -0.320. The van der Waals surface area contributed by atoms with E-state index in [4.69, 9.17) is 11.6 Å². The van der Waals surface area contributed by atoms with E-state index in [1.165, 1.54) is 11.6 Å². The van der Waals surface area contributed by atoms with Crippen LogP contribution < -0.4 is 0 Å². The zero-order chi connectivity index (χ0) is 15.0. The minimum absolute atomic E-state index is 0.237. The first-order valence-corrected chi connectivity index (χ1v) is 7.48. The Morgan fingerprint density at radius 1 is 1.14 bits per heavy atom. The molecule has 0 radical (unpaired) electrons. The molecule has 0 saturated heterocycles. The maximum Gasteiger partial charge on any atom is 0.151 e. The van der Waals surface area contributed by atoms with E-state index in [1.54, 1.807) is 6.07 Å². The summed E-state index contributed by atoms with van der Waals surface area (Å²) in [7, 11) is 0. The molecule has 0 N–H and O–H groups in total. The van der Waals surface area contributed by atoms with Crippen LogP contribution in [-0.2, 0) is 5.88 Å². The molecular formula is C17H16ClFN2. The van der Waals surface area contributed by atoms with Crippen molar-refractivity contribution in [1.82, 2.24) is 9.55 Å². The largest absolute Gasteiger partial charge is 0.295 e. The molecule has 4 heteroatoms. The maximum atomic E-state index is 14.0. The van der Waals surface area contributed by atoms with Gasteiger partial charge in [0.2, 0.25) is 0 Å². The van der Waals surface area contributed by atoms with Gasteiger partial charge in [-0.05, 0) is 29.7 Å². The molecule has 1 aromatic heterocycles. The SMILES string of the molecule is CC(C)c1ccccc1-n1c(CCl)nc2c(F)cccc21. The van der Waals surface area contributed by atoms with Crippen LogP contribution in [0.2, 0.25) is 0 Å². The normalized spacial score (nSPS) is 11.5. The van der Waals surface area contributed by atoms with E-state index in [-0.39, 0.29) is 11.7 Å². The van der Waals surface area contributed by atoms with Gasteiger partial charge in [-0.15, -0.1) is 11.6 Å². The average molecular weight is 303 g/mol. The molecule has 0 spiro atoms. The third-order valence-corrected chi connectivity index (χ3v) is 3.86. The first-order chi connectivity index (χ1) is 10.1. The minimum Gasteiger partial charge on any atom is -0.295 e. The Morgan fingerprint density at radius 2 is 1.90 bits per heavy atom. The highest BCUT2D eigenvalue weighted by molar-refractivity contribution is 6.17. The quantitative estimate of drug-likeness (QED) is 0.621. The number of halogens is 2. The highest BCUT2D eigenvalue weighted by Gasteiger charge is 2.17. The van der Waals surface area contributed by atoms with Crippen LogP contribution in [0.4, 0.5) is 4.39 Å². The number of para-hydroxylation sites is 2. The summed E-state index contributed by atoms with van der Waals surface area (Å²) < 4.78 is 15.9. The van der Waals surface area contributed by atoms with E-state index in [2.05, 4.69) is 24.9 Å². The fraction of sp³-hybridized carbons (Fsp3) is 0.235. The number of imidazole rings is 1. The molecule has 3 rings (SSSR count). The van der Waals surface area contributed by atoms with Crippen molar-refractivity contribution in [2.24, 2.45) is 0 Å². The molecule has 1 heterocycles. The fourth-order valence-electron chi connectivity index (χ4n) is 2.65. The predicted molar refractivity (Wildman–Crippen MR) is 84.7 cm³/mol. The van der Waals surface area contributed by atoms with Gasteiger partial charge in [0.05, 0.1) is 17.1 Å². The molecule has 0 saturated carbocycles. The Morgan fingerprint density at radius 3 is 2.62 bits per heavy atom. The van der Waals surface area contributed by atoms with Crippen molar-refractivity contribution in [3.05, 3.63) is 59.7 Å². The smallest absolute Gasteiger partial charge is 0.151 e. The molecule has 108 valence electrons. The zero-order valence-electron chi connectivity index (χ0n) is 12.0. The Hall–Kier alpha value is -1.87.